The van der Waals surface area contributed by atoms with Crippen LogP contribution in [0.15, 0.2) is 22.5 Å². The van der Waals surface area contributed by atoms with Gasteiger partial charge in [0.15, 0.2) is 0 Å². The van der Waals surface area contributed by atoms with Crippen molar-refractivity contribution in [2.75, 3.05) is 12.8 Å². The van der Waals surface area contributed by atoms with Crippen LogP contribution in [-0.4, -0.2) is 24.8 Å². The number of rotatable bonds is 4. The molecule has 5 nitrogen and oxygen atoms in total. The number of hydrogen-bond donors (Lipinski definition) is 1. The Labute approximate surface area is 131 Å². The number of aromatic nitrogens is 1. The first-order valence-corrected chi connectivity index (χ1v) is 8.53. The number of nitrogens with two attached hydrogens (primary N) is 1. The number of thiazole rings is 1. The average Bonchev–Trinajstić information content (AvgIpc) is 2.79. The summed E-state index contributed by atoms with van der Waals surface area (Å²) < 4.78 is 39.4. The van der Waals surface area contributed by atoms with Crippen molar-refractivity contribution in [3.63, 3.8) is 0 Å². The third-order valence-electron chi connectivity index (χ3n) is 2.95. The van der Waals surface area contributed by atoms with E-state index in [4.69, 9.17) is 17.3 Å². The maximum Gasteiger partial charge on any atom is 0.244 e. The van der Waals surface area contributed by atoms with Crippen molar-refractivity contribution < 1.29 is 12.8 Å². The molecule has 0 unspecified atom stereocenters. The third-order valence-corrected chi connectivity index (χ3v) is 6.14. The maximum absolute atomic E-state index is 13.3. The zero-order valence-corrected chi connectivity index (χ0v) is 13.7. The Morgan fingerprint density at radius 3 is 2.71 bits per heavy atom. The van der Waals surface area contributed by atoms with E-state index in [1.807, 2.05) is 0 Å². The molecule has 1 aromatic heterocycles. The van der Waals surface area contributed by atoms with E-state index in [0.29, 0.717) is 0 Å². The van der Waals surface area contributed by atoms with Gasteiger partial charge in [0.1, 0.15) is 10.7 Å². The molecule has 0 radical (unpaired) electrons. The second-order valence-electron chi connectivity index (χ2n) is 4.43. The molecule has 0 saturated carbocycles. The minimum Gasteiger partial charge on any atom is -0.396 e. The monoisotopic (exact) mass is 349 g/mol. The van der Waals surface area contributed by atoms with Gasteiger partial charge in [0.2, 0.25) is 10.0 Å². The fraction of sp³-hybridized carbons (Fsp3) is 0.250. The summed E-state index contributed by atoms with van der Waals surface area (Å²) in [5, 5.41) is -0.199. The molecule has 0 aliphatic rings. The molecular weight excluding hydrogens is 337 g/mol. The predicted molar refractivity (Wildman–Crippen MR) is 81.3 cm³/mol. The zero-order chi connectivity index (χ0) is 15.8. The standard InChI is InChI=1S/C12H13ClFN3O2S2/c1-7-11(20-6-16-7)5-17(2)21(18,19)12-4-10(15)9(14)3-8(12)13/h3-4,6H,5,15H2,1-2H3. The van der Waals surface area contributed by atoms with Crippen molar-refractivity contribution in [1.29, 1.82) is 0 Å². The second-order valence-corrected chi connectivity index (χ2v) is 7.79. The summed E-state index contributed by atoms with van der Waals surface area (Å²) >= 11 is 7.20. The summed E-state index contributed by atoms with van der Waals surface area (Å²) in [4.78, 5) is 4.68. The van der Waals surface area contributed by atoms with Gasteiger partial charge in [0.25, 0.3) is 0 Å². The van der Waals surface area contributed by atoms with Gasteiger partial charge in [-0.1, -0.05) is 11.6 Å². The number of nitrogens with zero attached hydrogens (tertiary/aromatic N) is 2. The number of hydrogen-bond acceptors (Lipinski definition) is 5. The lowest BCUT2D eigenvalue weighted by Crippen LogP contribution is -2.27. The Morgan fingerprint density at radius 2 is 2.14 bits per heavy atom. The molecular formula is C12H13ClFN3O2S2. The van der Waals surface area contributed by atoms with E-state index in [9.17, 15) is 12.8 Å². The van der Waals surface area contributed by atoms with E-state index in [1.54, 1.807) is 12.4 Å². The number of aryl methyl sites for hydroxylation is 1. The molecule has 0 aliphatic heterocycles. The van der Waals surface area contributed by atoms with Crippen molar-refractivity contribution in [2.45, 2.75) is 18.4 Å². The van der Waals surface area contributed by atoms with E-state index in [1.165, 1.54) is 18.4 Å². The molecule has 2 N–H and O–H groups in total. The quantitative estimate of drug-likeness (QED) is 0.861. The van der Waals surface area contributed by atoms with Crippen LogP contribution in [0.1, 0.15) is 10.6 Å². The molecule has 0 atom stereocenters. The largest absolute Gasteiger partial charge is 0.396 e. The minimum atomic E-state index is -3.87. The van der Waals surface area contributed by atoms with Gasteiger partial charge in [0.05, 0.1) is 21.9 Å². The van der Waals surface area contributed by atoms with Crippen LogP contribution in [0, 0.1) is 12.7 Å². The van der Waals surface area contributed by atoms with Crippen molar-refractivity contribution in [3.8, 4) is 0 Å². The van der Waals surface area contributed by atoms with E-state index >= 15 is 0 Å². The summed E-state index contributed by atoms with van der Waals surface area (Å²) in [7, 11) is -2.45. The maximum atomic E-state index is 13.3. The van der Waals surface area contributed by atoms with Gasteiger partial charge in [-0.15, -0.1) is 11.3 Å². The van der Waals surface area contributed by atoms with Crippen LogP contribution in [0.4, 0.5) is 10.1 Å². The lowest BCUT2D eigenvalue weighted by molar-refractivity contribution is 0.468. The molecule has 114 valence electrons. The van der Waals surface area contributed by atoms with Crippen molar-refractivity contribution in [1.82, 2.24) is 9.29 Å². The van der Waals surface area contributed by atoms with Crippen molar-refractivity contribution in [3.05, 3.63) is 39.1 Å². The van der Waals surface area contributed by atoms with Crippen LogP contribution in [0.3, 0.4) is 0 Å². The van der Waals surface area contributed by atoms with Crippen LogP contribution in [0.25, 0.3) is 0 Å². The topological polar surface area (TPSA) is 76.3 Å². The highest BCUT2D eigenvalue weighted by atomic mass is 35.5. The molecule has 1 heterocycles. The smallest absolute Gasteiger partial charge is 0.244 e. The summed E-state index contributed by atoms with van der Waals surface area (Å²) in [5.41, 5.74) is 7.58. The Bertz CT molecular complexity index is 777. The van der Waals surface area contributed by atoms with Crippen LogP contribution in [0.5, 0.6) is 0 Å². The fourth-order valence-electron chi connectivity index (χ4n) is 1.68. The molecule has 0 bridgehead atoms. The second kappa shape index (κ2) is 5.88. The lowest BCUT2D eigenvalue weighted by Gasteiger charge is -2.18. The van der Waals surface area contributed by atoms with Gasteiger partial charge in [0, 0.05) is 18.5 Å². The summed E-state index contributed by atoms with van der Waals surface area (Å²) in [5.74, 6) is -0.750. The van der Waals surface area contributed by atoms with E-state index in [2.05, 4.69) is 4.98 Å². The number of sulfonamides is 1. The predicted octanol–water partition coefficient (Wildman–Crippen LogP) is 2.65. The van der Waals surface area contributed by atoms with Crippen LogP contribution in [-0.2, 0) is 16.6 Å². The first-order chi connectivity index (χ1) is 9.73. The Kier molecular flexibility index (Phi) is 4.52. The number of nitrogen functional groups attached to an aromatic ring is 1. The molecule has 0 amide bonds. The Hall–Kier alpha value is -1.22. The first kappa shape index (κ1) is 16.2. The molecule has 2 rings (SSSR count). The number of benzene rings is 1. The van der Waals surface area contributed by atoms with Crippen LogP contribution < -0.4 is 5.73 Å². The van der Waals surface area contributed by atoms with Gasteiger partial charge >= 0.3 is 0 Å². The zero-order valence-electron chi connectivity index (χ0n) is 11.3. The van der Waals surface area contributed by atoms with E-state index in [0.717, 1.165) is 27.0 Å². The van der Waals surface area contributed by atoms with Crippen molar-refractivity contribution >= 4 is 38.6 Å². The Morgan fingerprint density at radius 1 is 1.48 bits per heavy atom. The highest BCUT2D eigenvalue weighted by Gasteiger charge is 2.26. The normalized spacial score (nSPS) is 12.0. The van der Waals surface area contributed by atoms with Gasteiger partial charge in [-0.2, -0.15) is 4.31 Å². The third kappa shape index (κ3) is 3.18. The molecule has 9 heteroatoms. The van der Waals surface area contributed by atoms with Crippen molar-refractivity contribution in [2.24, 2.45) is 0 Å². The molecule has 0 saturated heterocycles. The molecule has 1 aromatic carbocycles. The van der Waals surface area contributed by atoms with Gasteiger partial charge < -0.3 is 5.73 Å². The first-order valence-electron chi connectivity index (χ1n) is 5.83. The fourth-order valence-corrected chi connectivity index (χ4v) is 4.25. The van der Waals surface area contributed by atoms with Gasteiger partial charge in [-0.3, -0.25) is 0 Å². The van der Waals surface area contributed by atoms with Gasteiger partial charge in [-0.25, -0.2) is 17.8 Å². The molecule has 0 aliphatic carbocycles. The summed E-state index contributed by atoms with van der Waals surface area (Å²) in [6.07, 6.45) is 0. The van der Waals surface area contributed by atoms with Crippen LogP contribution in [0.2, 0.25) is 5.02 Å². The van der Waals surface area contributed by atoms with Gasteiger partial charge in [-0.05, 0) is 19.1 Å². The van der Waals surface area contributed by atoms with E-state index in [-0.39, 0.29) is 22.2 Å². The van der Waals surface area contributed by atoms with E-state index < -0.39 is 15.8 Å². The highest BCUT2D eigenvalue weighted by molar-refractivity contribution is 7.89. The minimum absolute atomic E-state index is 0.159. The Balaban J connectivity index is 2.38. The highest BCUT2D eigenvalue weighted by Crippen LogP contribution is 2.29. The lowest BCUT2D eigenvalue weighted by atomic mass is 10.3. The molecule has 2 aromatic rings. The molecule has 21 heavy (non-hydrogen) atoms. The number of halogens is 2. The molecule has 0 spiro atoms. The average molecular weight is 350 g/mol. The number of anilines is 1. The SMILES string of the molecule is Cc1ncsc1CN(C)S(=O)(=O)c1cc(N)c(F)cc1Cl. The molecule has 0 fully saturated rings. The summed E-state index contributed by atoms with van der Waals surface area (Å²) in [6, 6.07) is 1.93. The summed E-state index contributed by atoms with van der Waals surface area (Å²) in [6.45, 7) is 1.96. The van der Waals surface area contributed by atoms with Crippen LogP contribution >= 0.6 is 22.9 Å².